The zero-order chi connectivity index (χ0) is 13.9. The fourth-order valence-electron chi connectivity index (χ4n) is 2.84. The van der Waals surface area contributed by atoms with Gasteiger partial charge in [0.15, 0.2) is 0 Å². The highest BCUT2D eigenvalue weighted by molar-refractivity contribution is 5.65. The molecule has 2 aromatic rings. The summed E-state index contributed by atoms with van der Waals surface area (Å²) in [5.41, 5.74) is 9.10. The van der Waals surface area contributed by atoms with E-state index in [2.05, 4.69) is 27.0 Å². The SMILES string of the molecule is Cc1nc(N2CCCC2CN)ncc1-c1ccccc1. The van der Waals surface area contributed by atoms with Gasteiger partial charge >= 0.3 is 0 Å². The summed E-state index contributed by atoms with van der Waals surface area (Å²) in [6, 6.07) is 10.6. The van der Waals surface area contributed by atoms with Gasteiger partial charge < -0.3 is 10.6 Å². The van der Waals surface area contributed by atoms with Crippen molar-refractivity contribution in [3.05, 3.63) is 42.2 Å². The van der Waals surface area contributed by atoms with Gasteiger partial charge in [-0.15, -0.1) is 0 Å². The van der Waals surface area contributed by atoms with Crippen LogP contribution in [0.25, 0.3) is 11.1 Å². The third kappa shape index (κ3) is 2.39. The molecule has 4 nitrogen and oxygen atoms in total. The number of rotatable bonds is 3. The van der Waals surface area contributed by atoms with Gasteiger partial charge in [-0.05, 0) is 25.3 Å². The molecule has 0 radical (unpaired) electrons. The Morgan fingerprint density at radius 3 is 2.80 bits per heavy atom. The van der Waals surface area contributed by atoms with Crippen molar-refractivity contribution in [2.24, 2.45) is 5.73 Å². The van der Waals surface area contributed by atoms with Crippen molar-refractivity contribution in [2.45, 2.75) is 25.8 Å². The molecule has 2 heterocycles. The van der Waals surface area contributed by atoms with Crippen LogP contribution in [0.2, 0.25) is 0 Å². The lowest BCUT2D eigenvalue weighted by Crippen LogP contribution is -2.36. The molecule has 3 rings (SSSR count). The second-order valence-corrected chi connectivity index (χ2v) is 5.26. The van der Waals surface area contributed by atoms with E-state index < -0.39 is 0 Å². The first-order valence-corrected chi connectivity index (χ1v) is 7.15. The van der Waals surface area contributed by atoms with Gasteiger partial charge in [-0.1, -0.05) is 30.3 Å². The molecular weight excluding hydrogens is 248 g/mol. The first-order chi connectivity index (χ1) is 9.79. The van der Waals surface area contributed by atoms with Gasteiger partial charge in [-0.25, -0.2) is 9.97 Å². The third-order valence-corrected chi connectivity index (χ3v) is 3.96. The number of hydrogen-bond acceptors (Lipinski definition) is 4. The van der Waals surface area contributed by atoms with E-state index in [-0.39, 0.29) is 0 Å². The maximum absolute atomic E-state index is 5.82. The highest BCUT2D eigenvalue weighted by Gasteiger charge is 2.25. The van der Waals surface area contributed by atoms with E-state index in [1.807, 2.05) is 31.3 Å². The number of anilines is 1. The fraction of sp³-hybridized carbons (Fsp3) is 0.375. The van der Waals surface area contributed by atoms with Crippen molar-refractivity contribution in [1.82, 2.24) is 9.97 Å². The molecular formula is C16H20N4. The largest absolute Gasteiger partial charge is 0.337 e. The predicted octanol–water partition coefficient (Wildman–Crippen LogP) is 2.38. The first-order valence-electron chi connectivity index (χ1n) is 7.15. The van der Waals surface area contributed by atoms with E-state index in [1.54, 1.807) is 0 Å². The summed E-state index contributed by atoms with van der Waals surface area (Å²) in [5.74, 6) is 0.815. The zero-order valence-electron chi connectivity index (χ0n) is 11.8. The second-order valence-electron chi connectivity index (χ2n) is 5.26. The van der Waals surface area contributed by atoms with Crippen molar-refractivity contribution >= 4 is 5.95 Å². The van der Waals surface area contributed by atoms with E-state index in [1.165, 1.54) is 6.42 Å². The maximum Gasteiger partial charge on any atom is 0.225 e. The van der Waals surface area contributed by atoms with Gasteiger partial charge in [-0.3, -0.25) is 0 Å². The molecule has 1 unspecified atom stereocenters. The Balaban J connectivity index is 1.92. The van der Waals surface area contributed by atoms with Crippen LogP contribution in [0, 0.1) is 6.92 Å². The number of aryl methyl sites for hydroxylation is 1. The van der Waals surface area contributed by atoms with Crippen LogP contribution in [0.1, 0.15) is 18.5 Å². The Morgan fingerprint density at radius 2 is 2.10 bits per heavy atom. The monoisotopic (exact) mass is 268 g/mol. The van der Waals surface area contributed by atoms with Crippen molar-refractivity contribution in [3.8, 4) is 11.1 Å². The van der Waals surface area contributed by atoms with Crippen molar-refractivity contribution in [2.75, 3.05) is 18.0 Å². The molecule has 1 saturated heterocycles. The summed E-state index contributed by atoms with van der Waals surface area (Å²) in [4.78, 5) is 11.5. The summed E-state index contributed by atoms with van der Waals surface area (Å²) in [6.07, 6.45) is 4.24. The molecule has 1 aliphatic heterocycles. The summed E-state index contributed by atoms with van der Waals surface area (Å²) in [5, 5.41) is 0. The van der Waals surface area contributed by atoms with Crippen molar-refractivity contribution in [3.63, 3.8) is 0 Å². The van der Waals surface area contributed by atoms with E-state index in [0.29, 0.717) is 12.6 Å². The number of aromatic nitrogens is 2. The molecule has 0 spiro atoms. The van der Waals surface area contributed by atoms with Gasteiger partial charge in [0, 0.05) is 30.9 Å². The minimum Gasteiger partial charge on any atom is -0.337 e. The molecule has 1 atom stereocenters. The van der Waals surface area contributed by atoms with E-state index >= 15 is 0 Å². The molecule has 2 N–H and O–H groups in total. The van der Waals surface area contributed by atoms with Crippen LogP contribution in [0.3, 0.4) is 0 Å². The Kier molecular flexibility index (Phi) is 3.65. The molecule has 104 valence electrons. The van der Waals surface area contributed by atoms with Crippen molar-refractivity contribution in [1.29, 1.82) is 0 Å². The Morgan fingerprint density at radius 1 is 1.30 bits per heavy atom. The summed E-state index contributed by atoms with van der Waals surface area (Å²) >= 11 is 0. The molecule has 1 aliphatic rings. The summed E-state index contributed by atoms with van der Waals surface area (Å²) < 4.78 is 0. The highest BCUT2D eigenvalue weighted by Crippen LogP contribution is 2.26. The maximum atomic E-state index is 5.82. The normalized spacial score (nSPS) is 18.5. The Hall–Kier alpha value is -1.94. The molecule has 0 amide bonds. The van der Waals surface area contributed by atoms with Crippen molar-refractivity contribution < 1.29 is 0 Å². The Bertz CT molecular complexity index is 582. The van der Waals surface area contributed by atoms with Gasteiger partial charge in [0.05, 0.1) is 5.69 Å². The van der Waals surface area contributed by atoms with Gasteiger partial charge in [0.1, 0.15) is 0 Å². The lowest BCUT2D eigenvalue weighted by Gasteiger charge is -2.23. The number of nitrogens with two attached hydrogens (primary N) is 1. The molecule has 0 bridgehead atoms. The predicted molar refractivity (Wildman–Crippen MR) is 81.6 cm³/mol. The van der Waals surface area contributed by atoms with Crippen LogP contribution in [0.4, 0.5) is 5.95 Å². The molecule has 1 fully saturated rings. The summed E-state index contributed by atoms with van der Waals surface area (Å²) in [7, 11) is 0. The molecule has 1 aromatic carbocycles. The van der Waals surface area contributed by atoms with Crippen LogP contribution in [-0.2, 0) is 0 Å². The Labute approximate surface area is 119 Å². The van der Waals surface area contributed by atoms with Gasteiger partial charge in [0.2, 0.25) is 5.95 Å². The first kappa shape index (κ1) is 13.1. The van der Waals surface area contributed by atoms with Crippen LogP contribution in [0.15, 0.2) is 36.5 Å². The molecule has 1 aromatic heterocycles. The van der Waals surface area contributed by atoms with Crippen LogP contribution in [-0.4, -0.2) is 29.1 Å². The fourth-order valence-corrected chi connectivity index (χ4v) is 2.84. The molecule has 0 saturated carbocycles. The average Bonchev–Trinajstić information content (AvgIpc) is 2.96. The number of benzene rings is 1. The van der Waals surface area contributed by atoms with Crippen LogP contribution >= 0.6 is 0 Å². The molecule has 4 heteroatoms. The molecule has 0 aliphatic carbocycles. The second kappa shape index (κ2) is 5.59. The lowest BCUT2D eigenvalue weighted by molar-refractivity contribution is 0.663. The lowest BCUT2D eigenvalue weighted by atomic mass is 10.1. The van der Waals surface area contributed by atoms with E-state index in [0.717, 1.165) is 35.7 Å². The smallest absolute Gasteiger partial charge is 0.225 e. The van der Waals surface area contributed by atoms with Crippen LogP contribution < -0.4 is 10.6 Å². The van der Waals surface area contributed by atoms with E-state index in [4.69, 9.17) is 5.73 Å². The average molecular weight is 268 g/mol. The third-order valence-electron chi connectivity index (χ3n) is 3.96. The minimum absolute atomic E-state index is 0.386. The standard InChI is InChI=1S/C16H20N4/c1-12-15(13-6-3-2-4-7-13)11-18-16(19-12)20-9-5-8-14(20)10-17/h2-4,6-7,11,14H,5,8-10,17H2,1H3. The van der Waals surface area contributed by atoms with E-state index in [9.17, 15) is 0 Å². The van der Waals surface area contributed by atoms with Gasteiger partial charge in [-0.2, -0.15) is 0 Å². The zero-order valence-corrected chi connectivity index (χ0v) is 11.8. The number of hydrogen-bond donors (Lipinski definition) is 1. The quantitative estimate of drug-likeness (QED) is 0.928. The van der Waals surface area contributed by atoms with Crippen LogP contribution in [0.5, 0.6) is 0 Å². The number of nitrogens with zero attached hydrogens (tertiary/aromatic N) is 3. The van der Waals surface area contributed by atoms with Gasteiger partial charge in [0.25, 0.3) is 0 Å². The summed E-state index contributed by atoms with van der Waals surface area (Å²) in [6.45, 7) is 3.72. The molecule has 20 heavy (non-hydrogen) atoms. The highest BCUT2D eigenvalue weighted by atomic mass is 15.3. The minimum atomic E-state index is 0.386. The topological polar surface area (TPSA) is 55.0 Å².